The molecule has 0 radical (unpaired) electrons. The Labute approximate surface area is 72.5 Å². The molecule has 0 saturated carbocycles. The van der Waals surface area contributed by atoms with Crippen molar-refractivity contribution in [3.63, 3.8) is 0 Å². The van der Waals surface area contributed by atoms with Gasteiger partial charge in [-0.1, -0.05) is 13.3 Å². The number of hydrogen-bond acceptors (Lipinski definition) is 3. The summed E-state index contributed by atoms with van der Waals surface area (Å²) in [6.45, 7) is 2.16. The number of nitrogens with zero attached hydrogens (tertiary/aromatic N) is 2. The number of aryl methyl sites for hydroxylation is 1. The van der Waals surface area contributed by atoms with Crippen molar-refractivity contribution >= 4 is 0 Å². The van der Waals surface area contributed by atoms with Gasteiger partial charge in [-0.05, 0) is 6.42 Å². The minimum atomic E-state index is 0.0219. The molecule has 66 valence electrons. The first-order chi connectivity index (χ1) is 5.86. The Morgan fingerprint density at radius 2 is 2.00 bits per heavy atom. The fourth-order valence-corrected chi connectivity index (χ4v) is 0.927. The van der Waals surface area contributed by atoms with Crippen LogP contribution in [-0.4, -0.2) is 15.1 Å². The van der Waals surface area contributed by atoms with Gasteiger partial charge in [-0.3, -0.25) is 0 Å². The highest BCUT2D eigenvalue weighted by atomic mass is 16.3. The van der Waals surface area contributed by atoms with Gasteiger partial charge in [0, 0.05) is 24.4 Å². The molecule has 0 aliphatic rings. The Morgan fingerprint density at radius 3 is 2.50 bits per heavy atom. The Hall–Kier alpha value is -0.960. The molecule has 3 heteroatoms. The summed E-state index contributed by atoms with van der Waals surface area (Å²) in [5, 5.41) is 8.72. The van der Waals surface area contributed by atoms with E-state index in [1.807, 2.05) is 0 Å². The Balaban J connectivity index is 2.53. The van der Waals surface area contributed by atoms with Gasteiger partial charge in [0.05, 0.1) is 6.61 Å². The van der Waals surface area contributed by atoms with Crippen molar-refractivity contribution in [2.24, 2.45) is 0 Å². The summed E-state index contributed by atoms with van der Waals surface area (Å²) in [6.07, 6.45) is 6.57. The molecule has 0 unspecified atom stereocenters. The molecule has 12 heavy (non-hydrogen) atoms. The maximum absolute atomic E-state index is 8.72. The topological polar surface area (TPSA) is 46.0 Å². The van der Waals surface area contributed by atoms with E-state index in [0.29, 0.717) is 0 Å². The van der Waals surface area contributed by atoms with E-state index in [1.165, 1.54) is 0 Å². The number of unbranched alkanes of at least 4 members (excludes halogenated alkanes) is 1. The zero-order valence-electron chi connectivity index (χ0n) is 7.32. The number of aromatic nitrogens is 2. The molecule has 0 saturated heterocycles. The molecular weight excluding hydrogens is 152 g/mol. The van der Waals surface area contributed by atoms with Crippen LogP contribution in [0.4, 0.5) is 0 Å². The summed E-state index contributed by atoms with van der Waals surface area (Å²) >= 11 is 0. The van der Waals surface area contributed by atoms with Crippen LogP contribution in [0.15, 0.2) is 12.4 Å². The van der Waals surface area contributed by atoms with Gasteiger partial charge in [0.15, 0.2) is 0 Å². The Bertz CT molecular complexity index is 220. The smallest absolute Gasteiger partial charge is 0.128 e. The third-order valence-electron chi connectivity index (χ3n) is 1.70. The van der Waals surface area contributed by atoms with Gasteiger partial charge in [-0.25, -0.2) is 9.97 Å². The monoisotopic (exact) mass is 166 g/mol. The zero-order chi connectivity index (χ0) is 8.81. The maximum atomic E-state index is 8.72. The molecule has 0 aliphatic carbocycles. The molecule has 1 aromatic heterocycles. The Morgan fingerprint density at radius 1 is 1.33 bits per heavy atom. The van der Waals surface area contributed by atoms with Gasteiger partial charge in [0.25, 0.3) is 0 Å². The molecule has 1 aromatic rings. The zero-order valence-corrected chi connectivity index (χ0v) is 7.32. The van der Waals surface area contributed by atoms with E-state index in [-0.39, 0.29) is 6.61 Å². The number of aliphatic hydroxyl groups is 1. The number of hydrogen-bond donors (Lipinski definition) is 1. The van der Waals surface area contributed by atoms with E-state index in [0.717, 1.165) is 30.7 Å². The SMILES string of the molecule is CCCCc1ncc(CO)cn1. The molecule has 0 spiro atoms. The number of aliphatic hydroxyl groups excluding tert-OH is 1. The molecule has 1 rings (SSSR count). The van der Waals surface area contributed by atoms with Gasteiger partial charge in [0.1, 0.15) is 5.82 Å². The average molecular weight is 166 g/mol. The fraction of sp³-hybridized carbons (Fsp3) is 0.556. The molecule has 0 amide bonds. The standard InChI is InChI=1S/C9H14N2O/c1-2-3-4-9-10-5-8(7-12)6-11-9/h5-6,12H,2-4,7H2,1H3. The van der Waals surface area contributed by atoms with Gasteiger partial charge in [0.2, 0.25) is 0 Å². The summed E-state index contributed by atoms with van der Waals surface area (Å²) in [6, 6.07) is 0. The lowest BCUT2D eigenvalue weighted by Gasteiger charge is -1.98. The molecular formula is C9H14N2O. The summed E-state index contributed by atoms with van der Waals surface area (Å²) in [7, 11) is 0. The highest BCUT2D eigenvalue weighted by molar-refractivity contribution is 5.03. The van der Waals surface area contributed by atoms with Crippen LogP contribution in [0.2, 0.25) is 0 Å². The van der Waals surface area contributed by atoms with Crippen molar-refractivity contribution in [1.82, 2.24) is 9.97 Å². The predicted octanol–water partition coefficient (Wildman–Crippen LogP) is 1.31. The fourth-order valence-electron chi connectivity index (χ4n) is 0.927. The lowest BCUT2D eigenvalue weighted by molar-refractivity contribution is 0.280. The van der Waals surface area contributed by atoms with E-state index >= 15 is 0 Å². The van der Waals surface area contributed by atoms with E-state index in [4.69, 9.17) is 5.11 Å². The molecule has 3 nitrogen and oxygen atoms in total. The van der Waals surface area contributed by atoms with Gasteiger partial charge >= 0.3 is 0 Å². The molecule has 1 N–H and O–H groups in total. The van der Waals surface area contributed by atoms with Crippen LogP contribution in [0.25, 0.3) is 0 Å². The first-order valence-electron chi connectivity index (χ1n) is 4.27. The van der Waals surface area contributed by atoms with Crippen LogP contribution in [0, 0.1) is 0 Å². The summed E-state index contributed by atoms with van der Waals surface area (Å²) in [5.74, 6) is 0.869. The molecule has 0 atom stereocenters. The highest BCUT2D eigenvalue weighted by Crippen LogP contribution is 1.99. The van der Waals surface area contributed by atoms with Crippen LogP contribution in [-0.2, 0) is 13.0 Å². The quantitative estimate of drug-likeness (QED) is 0.733. The lowest BCUT2D eigenvalue weighted by Crippen LogP contribution is -1.96. The van der Waals surface area contributed by atoms with Crippen molar-refractivity contribution in [1.29, 1.82) is 0 Å². The van der Waals surface area contributed by atoms with E-state index < -0.39 is 0 Å². The van der Waals surface area contributed by atoms with Crippen molar-refractivity contribution in [3.8, 4) is 0 Å². The van der Waals surface area contributed by atoms with E-state index in [9.17, 15) is 0 Å². The normalized spacial score (nSPS) is 10.2. The van der Waals surface area contributed by atoms with Crippen LogP contribution < -0.4 is 0 Å². The van der Waals surface area contributed by atoms with Crippen LogP contribution in [0.1, 0.15) is 31.2 Å². The predicted molar refractivity (Wildman–Crippen MR) is 46.6 cm³/mol. The maximum Gasteiger partial charge on any atom is 0.128 e. The lowest BCUT2D eigenvalue weighted by atomic mass is 10.2. The van der Waals surface area contributed by atoms with E-state index in [1.54, 1.807) is 12.4 Å². The van der Waals surface area contributed by atoms with Crippen LogP contribution in [0.5, 0.6) is 0 Å². The minimum Gasteiger partial charge on any atom is -0.392 e. The molecule has 0 aliphatic heterocycles. The largest absolute Gasteiger partial charge is 0.392 e. The van der Waals surface area contributed by atoms with Crippen LogP contribution >= 0.6 is 0 Å². The second kappa shape index (κ2) is 4.83. The molecule has 0 fully saturated rings. The second-order valence-electron chi connectivity index (χ2n) is 2.77. The van der Waals surface area contributed by atoms with Crippen LogP contribution in [0.3, 0.4) is 0 Å². The Kier molecular flexibility index (Phi) is 3.67. The third kappa shape index (κ3) is 2.58. The van der Waals surface area contributed by atoms with Crippen molar-refractivity contribution in [2.45, 2.75) is 32.8 Å². The first kappa shape index (κ1) is 9.13. The van der Waals surface area contributed by atoms with Gasteiger partial charge in [-0.2, -0.15) is 0 Å². The van der Waals surface area contributed by atoms with Crippen molar-refractivity contribution in [3.05, 3.63) is 23.8 Å². The minimum absolute atomic E-state index is 0.0219. The van der Waals surface area contributed by atoms with Crippen molar-refractivity contribution in [2.75, 3.05) is 0 Å². The summed E-state index contributed by atoms with van der Waals surface area (Å²) in [5.41, 5.74) is 0.773. The second-order valence-corrected chi connectivity index (χ2v) is 2.77. The van der Waals surface area contributed by atoms with E-state index in [2.05, 4.69) is 16.9 Å². The van der Waals surface area contributed by atoms with Crippen molar-refractivity contribution < 1.29 is 5.11 Å². The molecule has 1 heterocycles. The molecule has 0 bridgehead atoms. The first-order valence-corrected chi connectivity index (χ1v) is 4.27. The molecule has 0 aromatic carbocycles. The highest BCUT2D eigenvalue weighted by Gasteiger charge is 1.95. The third-order valence-corrected chi connectivity index (χ3v) is 1.70. The average Bonchev–Trinajstić information content (AvgIpc) is 2.15. The summed E-state index contributed by atoms with van der Waals surface area (Å²) < 4.78 is 0. The van der Waals surface area contributed by atoms with Gasteiger partial charge < -0.3 is 5.11 Å². The summed E-state index contributed by atoms with van der Waals surface area (Å²) in [4.78, 5) is 8.23. The van der Waals surface area contributed by atoms with Gasteiger partial charge in [-0.15, -0.1) is 0 Å². The number of rotatable bonds is 4.